The van der Waals surface area contributed by atoms with Crippen LogP contribution in [0.2, 0.25) is 0 Å². The summed E-state index contributed by atoms with van der Waals surface area (Å²) in [5, 5.41) is 0. The van der Waals surface area contributed by atoms with Crippen molar-refractivity contribution in [2.24, 2.45) is 0 Å². The second kappa shape index (κ2) is 9.32. The van der Waals surface area contributed by atoms with Crippen LogP contribution in [0.5, 0.6) is 0 Å². The van der Waals surface area contributed by atoms with E-state index in [2.05, 4.69) is 0 Å². The first kappa shape index (κ1) is 18.3. The molecule has 0 aliphatic rings. The van der Waals surface area contributed by atoms with Crippen LogP contribution in [0, 0.1) is 0 Å². The van der Waals surface area contributed by atoms with Crippen molar-refractivity contribution in [1.82, 2.24) is 0 Å². The molecular formula is C16H18KO2P. The van der Waals surface area contributed by atoms with Gasteiger partial charge in [-0.25, -0.2) is 0 Å². The maximum atomic E-state index is 12.0. The second-order valence-corrected chi connectivity index (χ2v) is 7.26. The van der Waals surface area contributed by atoms with Crippen LogP contribution in [0.3, 0.4) is 0 Å². The summed E-state index contributed by atoms with van der Waals surface area (Å²) in [6, 6.07) is 19.5. The van der Waals surface area contributed by atoms with Gasteiger partial charge in [-0.2, -0.15) is 0 Å². The molecule has 2 rings (SSSR count). The van der Waals surface area contributed by atoms with E-state index in [1.807, 2.05) is 60.7 Å². The van der Waals surface area contributed by atoms with E-state index in [1.165, 1.54) is 0 Å². The molecule has 0 amide bonds. The van der Waals surface area contributed by atoms with Crippen molar-refractivity contribution in [2.75, 3.05) is 12.3 Å². The van der Waals surface area contributed by atoms with Crippen molar-refractivity contribution in [3.63, 3.8) is 0 Å². The van der Waals surface area contributed by atoms with Crippen molar-refractivity contribution in [1.29, 1.82) is 0 Å². The molecule has 0 radical (unpaired) electrons. The Morgan fingerprint density at radius 2 is 1.10 bits per heavy atom. The minimum Gasteiger partial charge on any atom is -0.799 e. The van der Waals surface area contributed by atoms with Gasteiger partial charge in [0.2, 0.25) is 0 Å². The molecule has 0 aliphatic carbocycles. The fourth-order valence-corrected chi connectivity index (χ4v) is 3.42. The van der Waals surface area contributed by atoms with Crippen molar-refractivity contribution >= 4 is 7.37 Å². The van der Waals surface area contributed by atoms with E-state index in [4.69, 9.17) is 0 Å². The zero-order valence-corrected chi connectivity index (χ0v) is 15.9. The van der Waals surface area contributed by atoms with Crippen molar-refractivity contribution in [3.05, 3.63) is 71.8 Å². The summed E-state index contributed by atoms with van der Waals surface area (Å²) < 4.78 is 12.0. The van der Waals surface area contributed by atoms with Gasteiger partial charge >= 0.3 is 51.4 Å². The SMILES string of the molecule is O=P([O-])(CCc1ccccc1)CCc1ccccc1.[K+]. The van der Waals surface area contributed by atoms with E-state index in [-0.39, 0.29) is 63.7 Å². The largest absolute Gasteiger partial charge is 1.00 e. The molecular weight excluding hydrogens is 294 g/mol. The molecule has 2 aromatic carbocycles. The summed E-state index contributed by atoms with van der Waals surface area (Å²) in [7, 11) is -3.27. The zero-order chi connectivity index (χ0) is 13.6. The van der Waals surface area contributed by atoms with E-state index in [1.54, 1.807) is 0 Å². The van der Waals surface area contributed by atoms with Crippen LogP contribution in [0.4, 0.5) is 0 Å². The standard InChI is InChI=1S/C16H19O2P.K/c17-19(18,13-11-15-7-3-1-4-8-15)14-12-16-9-5-2-6-10-16;/h1-10H,11-14H2,(H,17,18);/q;+1/p-1. The number of hydrogen-bond acceptors (Lipinski definition) is 2. The number of benzene rings is 2. The monoisotopic (exact) mass is 312 g/mol. The molecule has 20 heavy (non-hydrogen) atoms. The van der Waals surface area contributed by atoms with Crippen LogP contribution < -0.4 is 56.3 Å². The van der Waals surface area contributed by atoms with E-state index in [9.17, 15) is 9.46 Å². The second-order valence-electron chi connectivity index (χ2n) is 4.73. The average Bonchev–Trinajstić information content (AvgIpc) is 2.46. The summed E-state index contributed by atoms with van der Waals surface area (Å²) in [6.07, 6.45) is 1.72. The van der Waals surface area contributed by atoms with Gasteiger partial charge in [0.1, 0.15) is 0 Å². The Balaban J connectivity index is 0.00000200. The predicted octanol–water partition coefficient (Wildman–Crippen LogP) is 0.114. The Kier molecular flexibility index (Phi) is 8.53. The molecule has 0 fully saturated rings. The molecule has 0 bridgehead atoms. The Hall–Kier alpha value is 0.266. The van der Waals surface area contributed by atoms with Gasteiger partial charge in [-0.1, -0.05) is 60.7 Å². The first-order valence-corrected chi connectivity index (χ1v) is 8.52. The summed E-state index contributed by atoms with van der Waals surface area (Å²) in [4.78, 5) is 12.0. The van der Waals surface area contributed by atoms with Gasteiger partial charge in [0.15, 0.2) is 0 Å². The third kappa shape index (κ3) is 6.82. The maximum Gasteiger partial charge on any atom is 1.00 e. The number of aryl methyl sites for hydroxylation is 2. The van der Waals surface area contributed by atoms with Gasteiger partial charge in [0.05, 0.1) is 0 Å². The summed E-state index contributed by atoms with van der Waals surface area (Å²) in [6.45, 7) is 0. The van der Waals surface area contributed by atoms with Crippen molar-refractivity contribution in [2.45, 2.75) is 12.8 Å². The van der Waals surface area contributed by atoms with Gasteiger partial charge in [0, 0.05) is 7.37 Å². The third-order valence-electron chi connectivity index (χ3n) is 3.17. The molecule has 2 aromatic rings. The third-order valence-corrected chi connectivity index (χ3v) is 4.98. The summed E-state index contributed by atoms with van der Waals surface area (Å²) in [5.74, 6) is 0. The minimum atomic E-state index is -3.27. The molecule has 2 nitrogen and oxygen atoms in total. The average molecular weight is 312 g/mol. The van der Waals surface area contributed by atoms with Gasteiger partial charge < -0.3 is 9.46 Å². The number of rotatable bonds is 6. The Morgan fingerprint density at radius 3 is 1.45 bits per heavy atom. The normalized spacial score (nSPS) is 10.8. The van der Waals surface area contributed by atoms with Crippen LogP contribution in [-0.2, 0) is 17.4 Å². The van der Waals surface area contributed by atoms with E-state index in [0.29, 0.717) is 12.8 Å². The molecule has 0 N–H and O–H groups in total. The molecule has 100 valence electrons. The smallest absolute Gasteiger partial charge is 0.799 e. The van der Waals surface area contributed by atoms with Crippen molar-refractivity contribution < 1.29 is 60.8 Å². The summed E-state index contributed by atoms with van der Waals surface area (Å²) in [5.41, 5.74) is 2.16. The molecule has 0 unspecified atom stereocenters. The molecule has 4 heteroatoms. The van der Waals surface area contributed by atoms with Crippen LogP contribution >= 0.6 is 7.37 Å². The maximum absolute atomic E-state index is 12.0. The van der Waals surface area contributed by atoms with E-state index >= 15 is 0 Å². The molecule has 0 spiro atoms. The number of hydrogen-bond donors (Lipinski definition) is 0. The molecule has 0 aliphatic heterocycles. The Labute approximate surface area is 163 Å². The fraction of sp³-hybridized carbons (Fsp3) is 0.250. The molecule has 0 saturated heterocycles. The Morgan fingerprint density at radius 1 is 0.750 bits per heavy atom. The van der Waals surface area contributed by atoms with Crippen LogP contribution in [0.15, 0.2) is 60.7 Å². The molecule has 0 heterocycles. The van der Waals surface area contributed by atoms with Gasteiger partial charge in [-0.3, -0.25) is 0 Å². The van der Waals surface area contributed by atoms with Crippen molar-refractivity contribution in [3.8, 4) is 0 Å². The first-order chi connectivity index (χ1) is 9.16. The van der Waals surface area contributed by atoms with Crippen LogP contribution in [-0.4, -0.2) is 12.3 Å². The predicted molar refractivity (Wildman–Crippen MR) is 77.6 cm³/mol. The van der Waals surface area contributed by atoms with Gasteiger partial charge in [0.25, 0.3) is 0 Å². The minimum absolute atomic E-state index is 0. The van der Waals surface area contributed by atoms with Gasteiger partial charge in [-0.05, 0) is 36.3 Å². The van der Waals surface area contributed by atoms with E-state index < -0.39 is 7.37 Å². The first-order valence-electron chi connectivity index (χ1n) is 6.53. The van der Waals surface area contributed by atoms with Crippen LogP contribution in [0.25, 0.3) is 0 Å². The summed E-state index contributed by atoms with van der Waals surface area (Å²) >= 11 is 0. The quantitative estimate of drug-likeness (QED) is 0.561. The zero-order valence-electron chi connectivity index (χ0n) is 11.9. The fourth-order valence-electron chi connectivity index (χ4n) is 2.00. The molecule has 0 atom stereocenters. The molecule has 0 aromatic heterocycles. The van der Waals surface area contributed by atoms with Crippen LogP contribution in [0.1, 0.15) is 11.1 Å². The topological polar surface area (TPSA) is 40.1 Å². The van der Waals surface area contributed by atoms with Gasteiger partial charge in [-0.15, -0.1) is 0 Å². The van der Waals surface area contributed by atoms with E-state index in [0.717, 1.165) is 11.1 Å². The molecule has 0 saturated carbocycles. The Bertz CT molecular complexity index is 495.